The molecule has 1 fully saturated rings. The molecule has 1 N–H and O–H groups in total. The third-order valence-electron chi connectivity index (χ3n) is 5.61. The van der Waals surface area contributed by atoms with Crippen molar-refractivity contribution in [3.63, 3.8) is 0 Å². The first-order chi connectivity index (χ1) is 18.2. The number of rotatable bonds is 8. The van der Waals surface area contributed by atoms with Crippen LogP contribution in [0.15, 0.2) is 59.5 Å². The zero-order valence-electron chi connectivity index (χ0n) is 20.5. The number of hydrogen-bond acceptors (Lipinski definition) is 7. The third kappa shape index (κ3) is 5.91. The first-order valence-electron chi connectivity index (χ1n) is 11.1. The molecule has 38 heavy (non-hydrogen) atoms. The van der Waals surface area contributed by atoms with Crippen LogP contribution in [0.4, 0.5) is 10.5 Å². The molecule has 1 aliphatic rings. The minimum absolute atomic E-state index is 0.0636. The van der Waals surface area contributed by atoms with Crippen molar-refractivity contribution in [2.75, 3.05) is 26.6 Å². The molecular weight excluding hydrogens is 551 g/mol. The minimum atomic E-state index is -0.433. The van der Waals surface area contributed by atoms with E-state index in [1.54, 1.807) is 60.7 Å². The second kappa shape index (κ2) is 11.8. The molecule has 1 aliphatic heterocycles. The molecule has 196 valence electrons. The fourth-order valence-electron chi connectivity index (χ4n) is 3.69. The first kappa shape index (κ1) is 27.4. The molecule has 3 aromatic carbocycles. The molecule has 4 rings (SSSR count). The van der Waals surface area contributed by atoms with Gasteiger partial charge in [-0.2, -0.15) is 0 Å². The lowest BCUT2D eigenvalue weighted by molar-refractivity contribution is -0.123. The zero-order chi connectivity index (χ0) is 27.4. The van der Waals surface area contributed by atoms with Crippen LogP contribution in [0.25, 0.3) is 6.08 Å². The largest absolute Gasteiger partial charge is 0.495 e. The highest BCUT2D eigenvalue weighted by molar-refractivity contribution is 8.18. The van der Waals surface area contributed by atoms with Gasteiger partial charge >= 0.3 is 0 Å². The SMILES string of the molecule is COc1ccc(/C=C2/SC(=O)N(Cc3ccc(Cl)c(Cl)c3)C2=O)cc1NC(=O)c1ccc(OC)c(OC)c1. The summed E-state index contributed by atoms with van der Waals surface area (Å²) in [7, 11) is 4.48. The number of ether oxygens (including phenoxy) is 3. The fourth-order valence-corrected chi connectivity index (χ4v) is 4.85. The Bertz CT molecular complexity index is 1460. The second-order valence-corrected chi connectivity index (χ2v) is 9.81. The van der Waals surface area contributed by atoms with Crippen molar-refractivity contribution >= 4 is 63.8 Å². The Balaban J connectivity index is 1.55. The highest BCUT2D eigenvalue weighted by Gasteiger charge is 2.35. The highest BCUT2D eigenvalue weighted by Crippen LogP contribution is 2.36. The summed E-state index contributed by atoms with van der Waals surface area (Å²) in [6.07, 6.45) is 1.59. The van der Waals surface area contributed by atoms with E-state index in [4.69, 9.17) is 37.4 Å². The Kier molecular flexibility index (Phi) is 8.51. The number of benzene rings is 3. The monoisotopic (exact) mass is 572 g/mol. The predicted molar refractivity (Wildman–Crippen MR) is 148 cm³/mol. The smallest absolute Gasteiger partial charge is 0.293 e. The molecule has 0 atom stereocenters. The third-order valence-corrected chi connectivity index (χ3v) is 7.26. The average molecular weight is 573 g/mol. The molecule has 0 aliphatic carbocycles. The van der Waals surface area contributed by atoms with Crippen molar-refractivity contribution in [2.24, 2.45) is 0 Å². The number of nitrogens with one attached hydrogen (secondary N) is 1. The summed E-state index contributed by atoms with van der Waals surface area (Å²) in [6, 6.07) is 14.8. The minimum Gasteiger partial charge on any atom is -0.495 e. The Labute approximate surface area is 233 Å². The van der Waals surface area contributed by atoms with Crippen LogP contribution in [0.5, 0.6) is 17.2 Å². The van der Waals surface area contributed by atoms with Crippen molar-refractivity contribution in [3.8, 4) is 17.2 Å². The number of halogens is 2. The first-order valence-corrected chi connectivity index (χ1v) is 12.7. The summed E-state index contributed by atoms with van der Waals surface area (Å²) in [5.74, 6) is 0.499. The molecule has 3 aromatic rings. The molecule has 8 nitrogen and oxygen atoms in total. The van der Waals surface area contributed by atoms with Gasteiger partial charge in [-0.15, -0.1) is 0 Å². The van der Waals surface area contributed by atoms with E-state index >= 15 is 0 Å². The summed E-state index contributed by atoms with van der Waals surface area (Å²) < 4.78 is 15.9. The van der Waals surface area contributed by atoms with E-state index in [0.29, 0.717) is 49.7 Å². The van der Waals surface area contributed by atoms with Gasteiger partial charge in [-0.05, 0) is 71.4 Å². The van der Waals surface area contributed by atoms with Gasteiger partial charge in [-0.1, -0.05) is 35.3 Å². The number of anilines is 1. The van der Waals surface area contributed by atoms with Crippen LogP contribution in [0, 0.1) is 0 Å². The molecule has 11 heteroatoms. The molecule has 0 spiro atoms. The number of carbonyl (C=O) groups excluding carboxylic acids is 3. The van der Waals surface area contributed by atoms with Gasteiger partial charge in [0.2, 0.25) is 0 Å². The Morgan fingerprint density at radius 2 is 1.61 bits per heavy atom. The molecule has 0 unspecified atom stereocenters. The summed E-state index contributed by atoms with van der Waals surface area (Å²) in [5.41, 5.74) is 2.00. The van der Waals surface area contributed by atoms with E-state index in [2.05, 4.69) is 5.32 Å². The van der Waals surface area contributed by atoms with Crippen LogP contribution in [0.3, 0.4) is 0 Å². The van der Waals surface area contributed by atoms with Crippen LogP contribution in [-0.2, 0) is 11.3 Å². The lowest BCUT2D eigenvalue weighted by atomic mass is 10.1. The number of thioether (sulfide) groups is 1. The predicted octanol–water partition coefficient (Wildman–Crippen LogP) is 6.51. The summed E-state index contributed by atoms with van der Waals surface area (Å²) >= 11 is 12.9. The van der Waals surface area contributed by atoms with Gasteiger partial charge in [-0.25, -0.2) is 0 Å². The van der Waals surface area contributed by atoms with E-state index in [1.807, 2.05) is 0 Å². The van der Waals surface area contributed by atoms with Gasteiger partial charge in [0.15, 0.2) is 11.5 Å². The quantitative estimate of drug-likeness (QED) is 0.307. The zero-order valence-corrected chi connectivity index (χ0v) is 22.9. The van der Waals surface area contributed by atoms with Crippen LogP contribution in [0.2, 0.25) is 10.0 Å². The molecule has 1 saturated heterocycles. The lowest BCUT2D eigenvalue weighted by Crippen LogP contribution is -2.27. The maximum Gasteiger partial charge on any atom is 0.293 e. The van der Waals surface area contributed by atoms with Crippen molar-refractivity contribution in [1.82, 2.24) is 4.90 Å². The van der Waals surface area contributed by atoms with Gasteiger partial charge in [0.05, 0.1) is 48.5 Å². The summed E-state index contributed by atoms with van der Waals surface area (Å²) in [5, 5.41) is 3.15. The molecule has 0 bridgehead atoms. The topological polar surface area (TPSA) is 94.2 Å². The molecule has 0 radical (unpaired) electrons. The average Bonchev–Trinajstić information content (AvgIpc) is 3.17. The van der Waals surface area contributed by atoms with E-state index < -0.39 is 17.1 Å². The maximum atomic E-state index is 13.0. The van der Waals surface area contributed by atoms with Crippen molar-refractivity contribution in [2.45, 2.75) is 6.54 Å². The van der Waals surface area contributed by atoms with Gasteiger partial charge < -0.3 is 19.5 Å². The summed E-state index contributed by atoms with van der Waals surface area (Å²) in [4.78, 5) is 39.9. The number of hydrogen-bond donors (Lipinski definition) is 1. The second-order valence-electron chi connectivity index (χ2n) is 8.00. The maximum absolute atomic E-state index is 13.0. The van der Waals surface area contributed by atoms with E-state index in [-0.39, 0.29) is 11.4 Å². The molecular formula is C27H22Cl2N2O6S. The number of carbonyl (C=O) groups is 3. The number of amides is 3. The van der Waals surface area contributed by atoms with Crippen molar-refractivity contribution < 1.29 is 28.6 Å². The normalized spacial score (nSPS) is 14.1. The Morgan fingerprint density at radius 1 is 0.895 bits per heavy atom. The number of methoxy groups -OCH3 is 3. The van der Waals surface area contributed by atoms with Crippen LogP contribution in [0.1, 0.15) is 21.5 Å². The van der Waals surface area contributed by atoms with Gasteiger partial charge in [0, 0.05) is 5.56 Å². The molecule has 0 saturated carbocycles. The van der Waals surface area contributed by atoms with Crippen LogP contribution >= 0.6 is 35.0 Å². The Hall–Kier alpha value is -3.66. The lowest BCUT2D eigenvalue weighted by Gasteiger charge is -2.13. The Morgan fingerprint density at radius 3 is 2.29 bits per heavy atom. The number of imide groups is 1. The van der Waals surface area contributed by atoms with Crippen LogP contribution < -0.4 is 19.5 Å². The van der Waals surface area contributed by atoms with Crippen molar-refractivity contribution in [1.29, 1.82) is 0 Å². The highest BCUT2D eigenvalue weighted by atomic mass is 35.5. The van der Waals surface area contributed by atoms with Gasteiger partial charge in [0.1, 0.15) is 5.75 Å². The van der Waals surface area contributed by atoms with Gasteiger partial charge in [-0.3, -0.25) is 19.3 Å². The van der Waals surface area contributed by atoms with E-state index in [9.17, 15) is 14.4 Å². The van der Waals surface area contributed by atoms with E-state index in [1.165, 1.54) is 21.3 Å². The fraction of sp³-hybridized carbons (Fsp3) is 0.148. The van der Waals surface area contributed by atoms with E-state index in [0.717, 1.165) is 16.7 Å². The molecule has 0 aromatic heterocycles. The van der Waals surface area contributed by atoms with Crippen molar-refractivity contribution in [3.05, 3.63) is 86.2 Å². The number of nitrogens with zero attached hydrogens (tertiary/aromatic N) is 1. The molecule has 3 amide bonds. The van der Waals surface area contributed by atoms with Gasteiger partial charge in [0.25, 0.3) is 17.1 Å². The summed E-state index contributed by atoms with van der Waals surface area (Å²) in [6.45, 7) is 0.0636. The molecule has 1 heterocycles. The van der Waals surface area contributed by atoms with Crippen LogP contribution in [-0.4, -0.2) is 43.3 Å². The standard InChI is InChI=1S/C27H22Cl2N2O6S/c1-35-21-8-5-15(11-20(21)30-25(32)17-6-9-22(36-2)23(13-17)37-3)12-24-26(33)31(27(34)38-24)14-16-4-7-18(28)19(29)10-16/h4-13H,14H2,1-3H3,(H,30,32)/b24-12+.